The molecule has 0 aliphatic heterocycles. The molecule has 2 aromatic carbocycles. The summed E-state index contributed by atoms with van der Waals surface area (Å²) >= 11 is 0. The van der Waals surface area contributed by atoms with Crippen molar-refractivity contribution in [1.29, 1.82) is 0 Å². The van der Waals surface area contributed by atoms with Crippen LogP contribution in [0.2, 0.25) is 0 Å². The summed E-state index contributed by atoms with van der Waals surface area (Å²) < 4.78 is 1.75. The van der Waals surface area contributed by atoms with Gasteiger partial charge in [0, 0.05) is 24.1 Å². The molecule has 6 nitrogen and oxygen atoms in total. The number of rotatable bonds is 10. The predicted octanol–water partition coefficient (Wildman–Crippen LogP) is 5.30. The summed E-state index contributed by atoms with van der Waals surface area (Å²) in [4.78, 5) is 27.7. The van der Waals surface area contributed by atoms with Gasteiger partial charge >= 0.3 is 0 Å². The molecule has 1 N–H and O–H groups in total. The Kier molecular flexibility index (Phi) is 7.55. The molecule has 1 aromatic heterocycles. The van der Waals surface area contributed by atoms with Crippen LogP contribution in [0.5, 0.6) is 0 Å². The third-order valence-corrected chi connectivity index (χ3v) is 6.18. The summed E-state index contributed by atoms with van der Waals surface area (Å²) in [6.07, 6.45) is 6.03. The van der Waals surface area contributed by atoms with Gasteiger partial charge in [-0.05, 0) is 31.4 Å². The van der Waals surface area contributed by atoms with Gasteiger partial charge in [0.2, 0.25) is 11.8 Å². The first-order valence-electron chi connectivity index (χ1n) is 11.9. The summed E-state index contributed by atoms with van der Waals surface area (Å²) in [5, 5.41) is 7.77. The molecule has 6 heteroatoms. The average Bonchev–Trinajstić information content (AvgIpc) is 3.22. The Bertz CT molecular complexity index is 1060. The molecule has 33 heavy (non-hydrogen) atoms. The minimum absolute atomic E-state index is 0.0691. The molecule has 0 saturated heterocycles. The zero-order valence-corrected chi connectivity index (χ0v) is 19.2. The maximum atomic E-state index is 13.1. The number of benzene rings is 2. The van der Waals surface area contributed by atoms with Gasteiger partial charge in [-0.3, -0.25) is 9.59 Å². The second-order valence-corrected chi connectivity index (χ2v) is 8.67. The SMILES string of the molecule is CCCCCN(CC(=O)Nc1cc(-c2ccccc2)nn1-c1ccccc1)C(=O)C1CCC1. The van der Waals surface area contributed by atoms with Crippen molar-refractivity contribution in [2.45, 2.75) is 45.4 Å². The Labute approximate surface area is 195 Å². The minimum Gasteiger partial charge on any atom is -0.333 e. The molecule has 0 unspecified atom stereocenters. The molecule has 1 heterocycles. The van der Waals surface area contributed by atoms with Gasteiger partial charge < -0.3 is 10.2 Å². The third kappa shape index (κ3) is 5.69. The van der Waals surface area contributed by atoms with Crippen LogP contribution < -0.4 is 5.32 Å². The smallest absolute Gasteiger partial charge is 0.245 e. The summed E-state index contributed by atoms with van der Waals surface area (Å²) in [6, 6.07) is 21.5. The molecule has 172 valence electrons. The lowest BCUT2D eigenvalue weighted by Gasteiger charge is -2.31. The van der Waals surface area contributed by atoms with E-state index in [2.05, 4.69) is 12.2 Å². The Balaban J connectivity index is 1.54. The number of anilines is 1. The lowest BCUT2D eigenvalue weighted by atomic mass is 9.84. The van der Waals surface area contributed by atoms with E-state index in [0.717, 1.165) is 55.5 Å². The first kappa shape index (κ1) is 22.8. The molecule has 1 saturated carbocycles. The number of carbonyl (C=O) groups excluding carboxylic acids is 2. The van der Waals surface area contributed by atoms with Crippen LogP contribution in [0, 0.1) is 5.92 Å². The quantitative estimate of drug-likeness (QED) is 0.432. The molecule has 4 rings (SSSR count). The normalized spacial score (nSPS) is 13.4. The van der Waals surface area contributed by atoms with Crippen molar-refractivity contribution in [3.05, 3.63) is 66.7 Å². The van der Waals surface area contributed by atoms with E-state index in [1.165, 1.54) is 0 Å². The Morgan fingerprint density at radius 3 is 2.36 bits per heavy atom. The van der Waals surface area contributed by atoms with Gasteiger partial charge in [0.25, 0.3) is 0 Å². The average molecular weight is 445 g/mol. The van der Waals surface area contributed by atoms with E-state index in [9.17, 15) is 9.59 Å². The van der Waals surface area contributed by atoms with Gasteiger partial charge in [-0.1, -0.05) is 74.7 Å². The Morgan fingerprint density at radius 1 is 1.03 bits per heavy atom. The molecule has 1 fully saturated rings. The highest BCUT2D eigenvalue weighted by Crippen LogP contribution is 2.29. The fraction of sp³-hybridized carbons (Fsp3) is 0.370. The topological polar surface area (TPSA) is 67.2 Å². The van der Waals surface area contributed by atoms with Crippen LogP contribution in [0.4, 0.5) is 5.82 Å². The molecular formula is C27H32N4O2. The molecule has 2 amide bonds. The van der Waals surface area contributed by atoms with E-state index in [-0.39, 0.29) is 24.3 Å². The number of unbranched alkanes of at least 4 members (excludes halogenated alkanes) is 2. The molecular weight excluding hydrogens is 412 g/mol. The first-order chi connectivity index (χ1) is 16.2. The standard InChI is InChI=1S/C27H32N4O2/c1-2-3-10-18-30(27(33)22-14-11-15-22)20-26(32)28-25-19-24(21-12-6-4-7-13-21)29-31(25)23-16-8-5-9-17-23/h4-9,12-13,16-17,19,22H,2-3,10-11,14-15,18,20H2,1H3,(H,28,32). The molecule has 3 aromatic rings. The number of hydrogen-bond acceptors (Lipinski definition) is 3. The van der Waals surface area contributed by atoms with Crippen LogP contribution in [0.25, 0.3) is 16.9 Å². The molecule has 0 bridgehead atoms. The van der Waals surface area contributed by atoms with Crippen molar-refractivity contribution in [2.75, 3.05) is 18.4 Å². The highest BCUT2D eigenvalue weighted by atomic mass is 16.2. The van der Waals surface area contributed by atoms with E-state index >= 15 is 0 Å². The number of carbonyl (C=O) groups is 2. The Morgan fingerprint density at radius 2 is 1.73 bits per heavy atom. The number of nitrogens with zero attached hydrogens (tertiary/aromatic N) is 3. The lowest BCUT2D eigenvalue weighted by Crippen LogP contribution is -2.43. The van der Waals surface area contributed by atoms with Crippen LogP contribution in [-0.4, -0.2) is 39.6 Å². The van der Waals surface area contributed by atoms with E-state index in [1.54, 1.807) is 9.58 Å². The number of nitrogens with one attached hydrogen (secondary N) is 1. The van der Waals surface area contributed by atoms with Crippen molar-refractivity contribution < 1.29 is 9.59 Å². The van der Waals surface area contributed by atoms with Crippen LogP contribution in [-0.2, 0) is 9.59 Å². The largest absolute Gasteiger partial charge is 0.333 e. The van der Waals surface area contributed by atoms with Crippen molar-refractivity contribution in [2.24, 2.45) is 5.92 Å². The molecule has 0 spiro atoms. The van der Waals surface area contributed by atoms with E-state index in [1.807, 2.05) is 66.7 Å². The van der Waals surface area contributed by atoms with Gasteiger partial charge in [-0.2, -0.15) is 5.10 Å². The van der Waals surface area contributed by atoms with E-state index in [4.69, 9.17) is 5.10 Å². The number of aromatic nitrogens is 2. The van der Waals surface area contributed by atoms with Crippen molar-refractivity contribution in [3.63, 3.8) is 0 Å². The fourth-order valence-electron chi connectivity index (χ4n) is 4.08. The van der Waals surface area contributed by atoms with E-state index in [0.29, 0.717) is 12.4 Å². The number of hydrogen-bond donors (Lipinski definition) is 1. The van der Waals surface area contributed by atoms with Crippen LogP contribution in [0.3, 0.4) is 0 Å². The van der Waals surface area contributed by atoms with E-state index < -0.39 is 0 Å². The van der Waals surface area contributed by atoms with Crippen molar-refractivity contribution in [1.82, 2.24) is 14.7 Å². The second-order valence-electron chi connectivity index (χ2n) is 8.67. The van der Waals surface area contributed by atoms with Crippen LogP contribution >= 0.6 is 0 Å². The van der Waals surface area contributed by atoms with Crippen molar-refractivity contribution >= 4 is 17.6 Å². The zero-order valence-electron chi connectivity index (χ0n) is 19.2. The summed E-state index contributed by atoms with van der Waals surface area (Å²) in [5.41, 5.74) is 2.62. The minimum atomic E-state index is -0.198. The summed E-state index contributed by atoms with van der Waals surface area (Å²) in [7, 11) is 0. The summed E-state index contributed by atoms with van der Waals surface area (Å²) in [6.45, 7) is 2.84. The van der Waals surface area contributed by atoms with Crippen LogP contribution in [0.1, 0.15) is 45.4 Å². The van der Waals surface area contributed by atoms with Gasteiger partial charge in [-0.25, -0.2) is 4.68 Å². The Hall–Kier alpha value is -3.41. The highest BCUT2D eigenvalue weighted by molar-refractivity contribution is 5.95. The van der Waals surface area contributed by atoms with Crippen LogP contribution in [0.15, 0.2) is 66.7 Å². The lowest BCUT2D eigenvalue weighted by molar-refractivity contribution is -0.140. The highest BCUT2D eigenvalue weighted by Gasteiger charge is 2.30. The zero-order chi connectivity index (χ0) is 23.0. The van der Waals surface area contributed by atoms with Gasteiger partial charge in [0.05, 0.1) is 17.9 Å². The molecule has 1 aliphatic carbocycles. The van der Waals surface area contributed by atoms with Gasteiger partial charge in [0.15, 0.2) is 0 Å². The third-order valence-electron chi connectivity index (χ3n) is 6.18. The van der Waals surface area contributed by atoms with Gasteiger partial charge in [-0.15, -0.1) is 0 Å². The summed E-state index contributed by atoms with van der Waals surface area (Å²) in [5.74, 6) is 0.596. The maximum absolute atomic E-state index is 13.1. The molecule has 1 aliphatic rings. The molecule has 0 radical (unpaired) electrons. The maximum Gasteiger partial charge on any atom is 0.245 e. The monoisotopic (exact) mass is 444 g/mol. The first-order valence-corrected chi connectivity index (χ1v) is 11.9. The number of amides is 2. The fourth-order valence-corrected chi connectivity index (χ4v) is 4.08. The number of para-hydroxylation sites is 1. The van der Waals surface area contributed by atoms with Crippen molar-refractivity contribution in [3.8, 4) is 16.9 Å². The van der Waals surface area contributed by atoms with Gasteiger partial charge in [0.1, 0.15) is 5.82 Å². The molecule has 0 atom stereocenters. The second kappa shape index (κ2) is 10.9. The predicted molar refractivity (Wildman–Crippen MR) is 131 cm³/mol.